The zero-order valence-electron chi connectivity index (χ0n) is 8.14. The van der Waals surface area contributed by atoms with Crippen LogP contribution in [0.2, 0.25) is 5.02 Å². The highest BCUT2D eigenvalue weighted by atomic mass is 35.5. The summed E-state index contributed by atoms with van der Waals surface area (Å²) in [7, 11) is 0. The molecule has 0 aliphatic carbocycles. The maximum Gasteiger partial charge on any atom is 0.273 e. The molecule has 1 atom stereocenters. The Balaban J connectivity index is 2.40. The number of nitrogens with one attached hydrogen (secondary N) is 1. The van der Waals surface area contributed by atoms with Gasteiger partial charge >= 0.3 is 0 Å². The molecule has 1 aliphatic heterocycles. The Morgan fingerprint density at radius 2 is 2.44 bits per heavy atom. The molecule has 1 aliphatic rings. The molecule has 7 heteroatoms. The van der Waals surface area contributed by atoms with Crippen molar-refractivity contribution < 1.29 is 14.8 Å². The summed E-state index contributed by atoms with van der Waals surface area (Å²) in [6.07, 6.45) is -0.383. The van der Waals surface area contributed by atoms with Gasteiger partial charge in [0.25, 0.3) is 5.69 Å². The van der Waals surface area contributed by atoms with Crippen LogP contribution in [0.1, 0.15) is 0 Å². The number of nitro groups is 1. The van der Waals surface area contributed by atoms with Gasteiger partial charge in [-0.05, 0) is 0 Å². The minimum absolute atomic E-state index is 0.0951. The lowest BCUT2D eigenvalue weighted by atomic mass is 10.2. The lowest BCUT2D eigenvalue weighted by Gasteiger charge is -2.26. The zero-order valence-corrected chi connectivity index (χ0v) is 8.90. The molecule has 1 aromatic rings. The molecule has 0 spiro atoms. The number of benzene rings is 1. The van der Waals surface area contributed by atoms with Gasteiger partial charge in [0, 0.05) is 12.1 Å². The Hall–Kier alpha value is -1.53. The maximum absolute atomic E-state index is 10.6. The van der Waals surface area contributed by atoms with E-state index >= 15 is 0 Å². The Morgan fingerprint density at radius 3 is 3.06 bits per heavy atom. The number of ether oxygens (including phenoxy) is 1. The molecule has 0 aromatic heterocycles. The van der Waals surface area contributed by atoms with Gasteiger partial charge in [-0.1, -0.05) is 11.6 Å². The second-order valence-corrected chi connectivity index (χ2v) is 3.77. The Bertz CT molecular complexity index is 438. The van der Waals surface area contributed by atoms with Crippen LogP contribution >= 0.6 is 11.6 Å². The van der Waals surface area contributed by atoms with Crippen molar-refractivity contribution in [1.29, 1.82) is 0 Å². The third-order valence-corrected chi connectivity index (χ3v) is 2.53. The second kappa shape index (κ2) is 4.15. The SMILES string of the molecule is O=[N+]([O-])c1cc(Cl)c2c(c1)NCC(CO)O2. The third-order valence-electron chi connectivity index (χ3n) is 2.25. The number of hydrogen-bond donors (Lipinski definition) is 2. The molecular weight excluding hydrogens is 236 g/mol. The number of aliphatic hydroxyl groups is 1. The maximum atomic E-state index is 10.6. The van der Waals surface area contributed by atoms with Gasteiger partial charge in [0.05, 0.1) is 28.8 Å². The van der Waals surface area contributed by atoms with Crippen LogP contribution in [0.15, 0.2) is 12.1 Å². The molecule has 0 amide bonds. The first-order valence-electron chi connectivity index (χ1n) is 4.61. The molecular formula is C9H9ClN2O4. The number of hydrogen-bond acceptors (Lipinski definition) is 5. The molecule has 2 N–H and O–H groups in total. The molecule has 2 rings (SSSR count). The van der Waals surface area contributed by atoms with Crippen molar-refractivity contribution in [3.8, 4) is 5.75 Å². The van der Waals surface area contributed by atoms with E-state index in [2.05, 4.69) is 5.32 Å². The molecule has 86 valence electrons. The van der Waals surface area contributed by atoms with Crippen LogP contribution in [-0.2, 0) is 0 Å². The van der Waals surface area contributed by atoms with Gasteiger partial charge in [-0.15, -0.1) is 0 Å². The van der Waals surface area contributed by atoms with E-state index in [-0.39, 0.29) is 23.4 Å². The monoisotopic (exact) mass is 244 g/mol. The summed E-state index contributed by atoms with van der Waals surface area (Å²) in [5.74, 6) is 0.345. The Morgan fingerprint density at radius 1 is 1.69 bits per heavy atom. The second-order valence-electron chi connectivity index (χ2n) is 3.36. The molecule has 16 heavy (non-hydrogen) atoms. The fourth-order valence-corrected chi connectivity index (χ4v) is 1.73. The van der Waals surface area contributed by atoms with Crippen molar-refractivity contribution in [2.75, 3.05) is 18.5 Å². The van der Waals surface area contributed by atoms with Crippen molar-refractivity contribution in [2.24, 2.45) is 0 Å². The standard InChI is InChI=1S/C9H9ClN2O4/c10-7-1-5(12(14)15)2-8-9(7)16-6(4-13)3-11-8/h1-2,6,11,13H,3-4H2. The van der Waals surface area contributed by atoms with Gasteiger partial charge in [-0.2, -0.15) is 0 Å². The molecule has 0 fully saturated rings. The van der Waals surface area contributed by atoms with Gasteiger partial charge < -0.3 is 15.2 Å². The van der Waals surface area contributed by atoms with E-state index in [1.807, 2.05) is 0 Å². The summed E-state index contributed by atoms with van der Waals surface area (Å²) >= 11 is 5.86. The lowest BCUT2D eigenvalue weighted by molar-refractivity contribution is -0.384. The molecule has 1 aromatic carbocycles. The number of nitro benzene ring substituents is 1. The van der Waals surface area contributed by atoms with E-state index in [9.17, 15) is 10.1 Å². The summed E-state index contributed by atoms with van der Waals surface area (Å²) in [4.78, 5) is 10.1. The van der Waals surface area contributed by atoms with Crippen LogP contribution in [0.4, 0.5) is 11.4 Å². The average molecular weight is 245 g/mol. The topological polar surface area (TPSA) is 84.6 Å². The van der Waals surface area contributed by atoms with Crippen molar-refractivity contribution in [3.05, 3.63) is 27.3 Å². The van der Waals surface area contributed by atoms with E-state index in [0.717, 1.165) is 0 Å². The van der Waals surface area contributed by atoms with E-state index in [1.54, 1.807) is 0 Å². The number of nitrogens with zero attached hydrogens (tertiary/aromatic N) is 1. The van der Waals surface area contributed by atoms with E-state index in [0.29, 0.717) is 18.0 Å². The number of aliphatic hydroxyl groups excluding tert-OH is 1. The number of halogens is 1. The third kappa shape index (κ3) is 1.89. The van der Waals surface area contributed by atoms with Crippen LogP contribution in [-0.4, -0.2) is 29.3 Å². The van der Waals surface area contributed by atoms with E-state index < -0.39 is 4.92 Å². The molecule has 1 unspecified atom stereocenters. The van der Waals surface area contributed by atoms with E-state index in [4.69, 9.17) is 21.4 Å². The van der Waals surface area contributed by atoms with Crippen molar-refractivity contribution in [3.63, 3.8) is 0 Å². The highest BCUT2D eigenvalue weighted by Gasteiger charge is 2.24. The highest BCUT2D eigenvalue weighted by molar-refractivity contribution is 6.32. The molecule has 6 nitrogen and oxygen atoms in total. The fraction of sp³-hybridized carbons (Fsp3) is 0.333. The normalized spacial score (nSPS) is 18.2. The predicted octanol–water partition coefficient (Wildman–Crippen LogP) is 1.41. The summed E-state index contributed by atoms with van der Waals surface area (Å²) < 4.78 is 5.38. The zero-order chi connectivity index (χ0) is 11.7. The van der Waals surface area contributed by atoms with Crippen molar-refractivity contribution in [2.45, 2.75) is 6.10 Å². The lowest BCUT2D eigenvalue weighted by Crippen LogP contribution is -2.33. The van der Waals surface area contributed by atoms with Crippen LogP contribution in [0, 0.1) is 10.1 Å². The van der Waals surface area contributed by atoms with Crippen LogP contribution in [0.5, 0.6) is 5.75 Å². The molecule has 0 radical (unpaired) electrons. The first kappa shape index (κ1) is 11.0. The molecule has 1 heterocycles. The number of rotatable bonds is 2. The number of fused-ring (bicyclic) bond motifs is 1. The van der Waals surface area contributed by atoms with Gasteiger partial charge in [0.1, 0.15) is 6.10 Å². The highest BCUT2D eigenvalue weighted by Crippen LogP contribution is 2.39. The number of non-ortho nitro benzene ring substituents is 1. The Kier molecular flexibility index (Phi) is 2.84. The molecule has 0 saturated carbocycles. The van der Waals surface area contributed by atoms with Crippen molar-refractivity contribution in [1.82, 2.24) is 0 Å². The van der Waals surface area contributed by atoms with Gasteiger partial charge in [-0.3, -0.25) is 10.1 Å². The minimum Gasteiger partial charge on any atom is -0.482 e. The first-order valence-corrected chi connectivity index (χ1v) is 4.99. The quantitative estimate of drug-likeness (QED) is 0.607. The van der Waals surface area contributed by atoms with Gasteiger partial charge in [-0.25, -0.2) is 0 Å². The minimum atomic E-state index is -0.522. The smallest absolute Gasteiger partial charge is 0.273 e. The largest absolute Gasteiger partial charge is 0.482 e. The van der Waals surface area contributed by atoms with Crippen LogP contribution < -0.4 is 10.1 Å². The number of anilines is 1. The summed E-state index contributed by atoms with van der Waals surface area (Å²) in [5.41, 5.74) is 0.381. The molecule has 0 saturated heterocycles. The Labute approximate surface area is 95.9 Å². The van der Waals surface area contributed by atoms with Crippen LogP contribution in [0.3, 0.4) is 0 Å². The van der Waals surface area contributed by atoms with Gasteiger partial charge in [0.2, 0.25) is 0 Å². The van der Waals surface area contributed by atoms with Crippen molar-refractivity contribution >= 4 is 23.0 Å². The van der Waals surface area contributed by atoms with E-state index in [1.165, 1.54) is 12.1 Å². The summed E-state index contributed by atoms with van der Waals surface area (Å²) in [5, 5.41) is 22.6. The fourth-order valence-electron chi connectivity index (χ4n) is 1.47. The summed E-state index contributed by atoms with van der Waals surface area (Å²) in [6, 6.07) is 2.58. The predicted molar refractivity (Wildman–Crippen MR) is 58.1 cm³/mol. The average Bonchev–Trinajstić information content (AvgIpc) is 2.28. The first-order chi connectivity index (χ1) is 7.61. The van der Waals surface area contributed by atoms with Crippen LogP contribution in [0.25, 0.3) is 0 Å². The van der Waals surface area contributed by atoms with Gasteiger partial charge in [0.15, 0.2) is 5.75 Å². The summed E-state index contributed by atoms with van der Waals surface area (Å²) in [6.45, 7) is 0.251. The molecule has 0 bridgehead atoms.